The molecule has 0 aromatic heterocycles. The highest BCUT2D eigenvalue weighted by atomic mass is 16.7. The van der Waals surface area contributed by atoms with E-state index in [0.29, 0.717) is 17.9 Å². The molecule has 0 N–H and O–H groups in total. The summed E-state index contributed by atoms with van der Waals surface area (Å²) in [4.78, 5) is 0. The van der Waals surface area contributed by atoms with Crippen LogP contribution >= 0.6 is 0 Å². The zero-order valence-corrected chi connectivity index (χ0v) is 13.9. The van der Waals surface area contributed by atoms with Gasteiger partial charge < -0.3 is 14.2 Å². The van der Waals surface area contributed by atoms with Crippen molar-refractivity contribution in [2.75, 3.05) is 0 Å². The van der Waals surface area contributed by atoms with Gasteiger partial charge in [-0.2, -0.15) is 0 Å². The van der Waals surface area contributed by atoms with E-state index in [9.17, 15) is 0 Å². The number of hydrogen-bond donors (Lipinski definition) is 0. The largest absolute Gasteiger partial charge is 0.371 e. The maximum absolute atomic E-state index is 6.41. The number of rotatable bonds is 1. The van der Waals surface area contributed by atoms with E-state index in [4.69, 9.17) is 14.2 Å². The Labute approximate surface area is 128 Å². The summed E-state index contributed by atoms with van der Waals surface area (Å²) >= 11 is 0. The Hall–Kier alpha value is -0.380. The van der Waals surface area contributed by atoms with Crippen LogP contribution in [-0.4, -0.2) is 29.7 Å². The van der Waals surface area contributed by atoms with Gasteiger partial charge in [0, 0.05) is 11.8 Å². The molecule has 0 amide bonds. The number of fused-ring (bicyclic) bond motifs is 2. The van der Waals surface area contributed by atoms with Crippen LogP contribution in [0.5, 0.6) is 0 Å². The van der Waals surface area contributed by atoms with E-state index in [2.05, 4.69) is 26.8 Å². The van der Waals surface area contributed by atoms with E-state index >= 15 is 0 Å². The quantitative estimate of drug-likeness (QED) is 0.690. The van der Waals surface area contributed by atoms with Crippen molar-refractivity contribution < 1.29 is 14.2 Å². The fraction of sp³-hybridized carbons (Fsp3) is 0.889. The smallest absolute Gasteiger partial charge is 0.163 e. The van der Waals surface area contributed by atoms with Crippen molar-refractivity contribution in [3.8, 4) is 0 Å². The maximum atomic E-state index is 6.41. The Morgan fingerprint density at radius 3 is 2.57 bits per heavy atom. The molecule has 0 aromatic carbocycles. The van der Waals surface area contributed by atoms with Gasteiger partial charge in [-0.25, -0.2) is 0 Å². The summed E-state index contributed by atoms with van der Waals surface area (Å²) in [7, 11) is 0. The third-order valence-electron chi connectivity index (χ3n) is 5.46. The van der Waals surface area contributed by atoms with Crippen molar-refractivity contribution in [1.29, 1.82) is 0 Å². The van der Waals surface area contributed by atoms with E-state index in [0.717, 1.165) is 18.8 Å². The monoisotopic (exact) mass is 292 g/mol. The summed E-state index contributed by atoms with van der Waals surface area (Å²) in [5.41, 5.74) is 1.53. The molecule has 3 fully saturated rings. The van der Waals surface area contributed by atoms with Crippen LogP contribution in [0.15, 0.2) is 11.6 Å². The van der Waals surface area contributed by atoms with Gasteiger partial charge in [-0.05, 0) is 59.8 Å². The van der Waals surface area contributed by atoms with Gasteiger partial charge in [0.25, 0.3) is 0 Å². The van der Waals surface area contributed by atoms with Crippen LogP contribution < -0.4 is 0 Å². The molecule has 0 radical (unpaired) electrons. The minimum atomic E-state index is -0.411. The summed E-state index contributed by atoms with van der Waals surface area (Å²) in [5.74, 6) is 1.53. The molecule has 3 heteroatoms. The van der Waals surface area contributed by atoms with Crippen LogP contribution in [0.4, 0.5) is 0 Å². The van der Waals surface area contributed by atoms with Crippen LogP contribution in [0, 0.1) is 17.8 Å². The Morgan fingerprint density at radius 2 is 1.86 bits per heavy atom. The molecule has 2 bridgehead atoms. The molecule has 6 atom stereocenters. The number of hydrogen-bond acceptors (Lipinski definition) is 3. The second-order valence-corrected chi connectivity index (χ2v) is 8.77. The lowest BCUT2D eigenvalue weighted by atomic mass is 9.85. The van der Waals surface area contributed by atoms with Crippen LogP contribution in [0.3, 0.4) is 0 Å². The van der Waals surface area contributed by atoms with Gasteiger partial charge in [-0.15, -0.1) is 0 Å². The zero-order valence-electron chi connectivity index (χ0n) is 13.9. The molecule has 3 aliphatic carbocycles. The molecular weight excluding hydrogens is 264 g/mol. The summed E-state index contributed by atoms with van der Waals surface area (Å²) in [6, 6.07) is 0. The molecule has 1 saturated heterocycles. The van der Waals surface area contributed by atoms with Gasteiger partial charge >= 0.3 is 0 Å². The third kappa shape index (κ3) is 2.38. The van der Waals surface area contributed by atoms with Crippen molar-refractivity contribution in [2.24, 2.45) is 17.8 Å². The Kier molecular flexibility index (Phi) is 2.94. The molecular formula is C18H28O3. The van der Waals surface area contributed by atoms with E-state index < -0.39 is 5.79 Å². The average Bonchev–Trinajstić information content (AvgIpc) is 2.85. The van der Waals surface area contributed by atoms with Crippen molar-refractivity contribution in [1.82, 2.24) is 0 Å². The van der Waals surface area contributed by atoms with Crippen LogP contribution in [-0.2, 0) is 14.2 Å². The molecule has 1 heterocycles. The first-order chi connectivity index (χ1) is 9.72. The highest BCUT2D eigenvalue weighted by molar-refractivity contribution is 5.28. The first kappa shape index (κ1) is 14.2. The molecule has 0 aromatic rings. The van der Waals surface area contributed by atoms with E-state index in [1.165, 1.54) is 6.42 Å². The van der Waals surface area contributed by atoms with Crippen LogP contribution in [0.25, 0.3) is 0 Å². The van der Waals surface area contributed by atoms with E-state index in [-0.39, 0.29) is 17.8 Å². The first-order valence-electron chi connectivity index (χ1n) is 8.46. The second-order valence-electron chi connectivity index (χ2n) is 8.77. The summed E-state index contributed by atoms with van der Waals surface area (Å²) in [6.45, 7) is 10.6. The predicted molar refractivity (Wildman–Crippen MR) is 80.9 cm³/mol. The molecule has 3 nitrogen and oxygen atoms in total. The SMILES string of the molecule is CC(C)(C)O[C@H]1[C@@H]2C3=C[C@H]1C[C@H]2C[C@H]1OC(C)(C)O[C@H]1C3. The average molecular weight is 292 g/mol. The molecule has 4 rings (SSSR count). The minimum absolute atomic E-state index is 0.0573. The molecule has 4 aliphatic rings. The standard InChI is InChI=1S/C18H28O3/c1-17(2,3)21-16-12-6-10-8-13-14(20-18(4,5)19-13)9-11(7-12)15(10)16/h6,11-16H,7-9H2,1-5H3/t11-,12-,13-,14+,15+,16+/m0/s1. The molecule has 0 spiro atoms. The van der Waals surface area contributed by atoms with Gasteiger partial charge in [0.1, 0.15) is 0 Å². The number of ether oxygens (including phenoxy) is 3. The lowest BCUT2D eigenvalue weighted by Crippen LogP contribution is -2.32. The molecule has 1 aliphatic heterocycles. The fourth-order valence-corrected chi connectivity index (χ4v) is 5.06. The zero-order chi connectivity index (χ0) is 15.0. The van der Waals surface area contributed by atoms with Crippen LogP contribution in [0.2, 0.25) is 0 Å². The van der Waals surface area contributed by atoms with Crippen LogP contribution in [0.1, 0.15) is 53.9 Å². The van der Waals surface area contributed by atoms with Gasteiger partial charge in [0.05, 0.1) is 23.9 Å². The normalized spacial score (nSPS) is 47.2. The Balaban J connectivity index is 1.56. The summed E-state index contributed by atoms with van der Waals surface area (Å²) in [5, 5.41) is 0. The van der Waals surface area contributed by atoms with E-state index in [1.807, 2.05) is 13.8 Å². The topological polar surface area (TPSA) is 27.7 Å². The highest BCUT2D eigenvalue weighted by Crippen LogP contribution is 2.56. The van der Waals surface area contributed by atoms with Gasteiger partial charge in [-0.3, -0.25) is 0 Å². The van der Waals surface area contributed by atoms with Crippen molar-refractivity contribution >= 4 is 0 Å². The highest BCUT2D eigenvalue weighted by Gasteiger charge is 2.56. The van der Waals surface area contributed by atoms with Gasteiger partial charge in [0.15, 0.2) is 5.79 Å². The van der Waals surface area contributed by atoms with Gasteiger partial charge in [-0.1, -0.05) is 11.6 Å². The van der Waals surface area contributed by atoms with Gasteiger partial charge in [0.2, 0.25) is 0 Å². The molecule has 0 unspecified atom stereocenters. The molecule has 21 heavy (non-hydrogen) atoms. The maximum Gasteiger partial charge on any atom is 0.163 e. The predicted octanol–water partition coefficient (Wildman–Crippen LogP) is 3.68. The summed E-state index contributed by atoms with van der Waals surface area (Å²) < 4.78 is 18.7. The fourth-order valence-electron chi connectivity index (χ4n) is 5.06. The lowest BCUT2D eigenvalue weighted by Gasteiger charge is -2.30. The van der Waals surface area contributed by atoms with E-state index in [1.54, 1.807) is 5.57 Å². The first-order valence-corrected chi connectivity index (χ1v) is 8.46. The van der Waals surface area contributed by atoms with Crippen molar-refractivity contribution in [3.05, 3.63) is 11.6 Å². The van der Waals surface area contributed by atoms with Crippen molar-refractivity contribution in [3.63, 3.8) is 0 Å². The Morgan fingerprint density at radius 1 is 1.14 bits per heavy atom. The molecule has 2 saturated carbocycles. The Bertz CT molecular complexity index is 473. The molecule has 118 valence electrons. The minimum Gasteiger partial charge on any atom is -0.371 e. The second kappa shape index (κ2) is 4.33. The van der Waals surface area contributed by atoms with Crippen molar-refractivity contribution in [2.45, 2.75) is 83.6 Å². The summed E-state index contributed by atoms with van der Waals surface area (Å²) in [6.07, 6.45) is 6.83. The lowest BCUT2D eigenvalue weighted by molar-refractivity contribution is -0.149. The third-order valence-corrected chi connectivity index (χ3v) is 5.46.